The summed E-state index contributed by atoms with van der Waals surface area (Å²) < 4.78 is 0.850. The second kappa shape index (κ2) is 9.88. The number of rotatable bonds is 6. The molecule has 4 heterocycles. The van der Waals surface area contributed by atoms with Gasteiger partial charge in [-0.05, 0) is 77.5 Å². The van der Waals surface area contributed by atoms with Crippen molar-refractivity contribution in [3.8, 4) is 0 Å². The third kappa shape index (κ3) is 4.74. The van der Waals surface area contributed by atoms with Crippen LogP contribution in [0.25, 0.3) is 10.8 Å². The number of halogens is 1. The van der Waals surface area contributed by atoms with Gasteiger partial charge in [0.1, 0.15) is 5.82 Å². The Morgan fingerprint density at radius 3 is 2.68 bits per heavy atom. The number of aromatic nitrogens is 2. The number of hydrogen-bond donors (Lipinski definition) is 3. The van der Waals surface area contributed by atoms with Gasteiger partial charge < -0.3 is 15.6 Å². The number of piperidine rings is 1. The first-order valence-electron chi connectivity index (χ1n) is 12.1. The van der Waals surface area contributed by atoms with Gasteiger partial charge in [-0.15, -0.1) is 0 Å². The van der Waals surface area contributed by atoms with E-state index in [-0.39, 0.29) is 11.5 Å². The van der Waals surface area contributed by atoms with E-state index in [0.717, 1.165) is 47.4 Å². The van der Waals surface area contributed by atoms with Gasteiger partial charge in [-0.25, -0.2) is 4.98 Å². The average molecular weight is 523 g/mol. The fraction of sp³-hybridized carbons (Fsp3) is 0.423. The van der Waals surface area contributed by atoms with E-state index in [9.17, 15) is 4.79 Å². The number of H-pyrrole nitrogens is 1. The number of nitrogens with zero attached hydrogens (tertiary/aromatic N) is 3. The van der Waals surface area contributed by atoms with Crippen molar-refractivity contribution in [3.05, 3.63) is 62.6 Å². The number of hydrogen-bond acceptors (Lipinski definition) is 6. The standard InChI is InChI=1S/C26H31BrN6O/c1-16(2)14-33-15-19(13-30-33)24-23(27)21-9-12-29-26(34)22(21)25(32-24)31-20-5-3-17(4-6-20)18-7-10-28-11-8-18/h3-6,9,12-13,16,18-19,28H,7-8,10-11,14-15H2,1-2H3,(H,29,34)(H,31,32). The topological polar surface area (TPSA) is 85.4 Å². The van der Waals surface area contributed by atoms with E-state index < -0.39 is 0 Å². The molecule has 0 saturated carbocycles. The third-order valence-electron chi connectivity index (χ3n) is 6.62. The SMILES string of the molecule is CC(C)CN1CC(c2nc(Nc3ccc(C4CCNCC4)cc3)c3c(=O)[nH]ccc3c2Br)C=N1. The van der Waals surface area contributed by atoms with Crippen LogP contribution in [0.3, 0.4) is 0 Å². The molecule has 3 N–H and O–H groups in total. The largest absolute Gasteiger partial charge is 0.340 e. The molecule has 8 heteroatoms. The fourth-order valence-electron chi connectivity index (χ4n) is 4.92. The Morgan fingerprint density at radius 2 is 1.94 bits per heavy atom. The minimum atomic E-state index is -0.160. The molecule has 3 aromatic rings. The van der Waals surface area contributed by atoms with Crippen molar-refractivity contribution in [1.29, 1.82) is 0 Å². The van der Waals surface area contributed by atoms with Gasteiger partial charge in [-0.1, -0.05) is 26.0 Å². The van der Waals surface area contributed by atoms with E-state index in [1.807, 2.05) is 12.3 Å². The van der Waals surface area contributed by atoms with Crippen LogP contribution in [0.1, 0.15) is 49.8 Å². The lowest BCUT2D eigenvalue weighted by Crippen LogP contribution is -2.26. The second-order valence-corrected chi connectivity index (χ2v) is 10.5. The van der Waals surface area contributed by atoms with Crippen molar-refractivity contribution in [2.24, 2.45) is 11.0 Å². The number of anilines is 2. The Hall–Kier alpha value is -2.71. The number of aromatic amines is 1. The van der Waals surface area contributed by atoms with Crippen molar-refractivity contribution >= 4 is 44.4 Å². The molecule has 0 amide bonds. The van der Waals surface area contributed by atoms with Crippen LogP contribution < -0.4 is 16.2 Å². The normalized spacial score (nSPS) is 18.8. The van der Waals surface area contributed by atoms with Gasteiger partial charge in [-0.3, -0.25) is 9.80 Å². The summed E-state index contributed by atoms with van der Waals surface area (Å²) in [6.07, 6.45) is 5.99. The smallest absolute Gasteiger partial charge is 0.259 e. The minimum Gasteiger partial charge on any atom is -0.340 e. The summed E-state index contributed by atoms with van der Waals surface area (Å²) >= 11 is 3.74. The summed E-state index contributed by atoms with van der Waals surface area (Å²) in [6.45, 7) is 8.22. The van der Waals surface area contributed by atoms with Crippen LogP contribution in [0.2, 0.25) is 0 Å². The van der Waals surface area contributed by atoms with Crippen LogP contribution in [-0.2, 0) is 0 Å². The number of fused-ring (bicyclic) bond motifs is 1. The molecule has 2 aliphatic rings. The van der Waals surface area contributed by atoms with Crippen LogP contribution in [0, 0.1) is 5.92 Å². The molecule has 34 heavy (non-hydrogen) atoms. The van der Waals surface area contributed by atoms with Crippen LogP contribution in [0.5, 0.6) is 0 Å². The van der Waals surface area contributed by atoms with Gasteiger partial charge in [0.05, 0.1) is 17.0 Å². The number of pyridine rings is 2. The molecule has 1 saturated heterocycles. The number of hydrazone groups is 1. The van der Waals surface area contributed by atoms with Crippen molar-refractivity contribution in [2.45, 2.75) is 38.5 Å². The summed E-state index contributed by atoms with van der Waals surface area (Å²) in [4.78, 5) is 20.6. The Labute approximate surface area is 208 Å². The molecule has 0 bridgehead atoms. The zero-order chi connectivity index (χ0) is 23.7. The average Bonchev–Trinajstić information content (AvgIpc) is 3.29. The monoisotopic (exact) mass is 522 g/mol. The van der Waals surface area contributed by atoms with Crippen molar-refractivity contribution < 1.29 is 0 Å². The first kappa shape index (κ1) is 23.1. The van der Waals surface area contributed by atoms with Crippen LogP contribution in [0.4, 0.5) is 11.5 Å². The molecule has 0 radical (unpaired) electrons. The zero-order valence-corrected chi connectivity index (χ0v) is 21.2. The van der Waals surface area contributed by atoms with E-state index in [0.29, 0.717) is 23.0 Å². The lowest BCUT2D eigenvalue weighted by atomic mass is 9.90. The lowest BCUT2D eigenvalue weighted by Gasteiger charge is -2.23. The van der Waals surface area contributed by atoms with E-state index in [2.05, 4.69) is 79.8 Å². The molecule has 178 valence electrons. The Kier molecular flexibility index (Phi) is 6.70. The highest BCUT2D eigenvalue weighted by Gasteiger charge is 2.26. The number of benzene rings is 1. The fourth-order valence-corrected chi connectivity index (χ4v) is 5.64. The Balaban J connectivity index is 1.47. The second-order valence-electron chi connectivity index (χ2n) is 9.66. The van der Waals surface area contributed by atoms with Gasteiger partial charge in [0.2, 0.25) is 0 Å². The van der Waals surface area contributed by atoms with Gasteiger partial charge in [0.25, 0.3) is 5.56 Å². The summed E-state index contributed by atoms with van der Waals surface area (Å²) in [6, 6.07) is 10.5. The molecule has 1 unspecified atom stereocenters. The van der Waals surface area contributed by atoms with Gasteiger partial charge in [0.15, 0.2) is 0 Å². The molecule has 1 fully saturated rings. The van der Waals surface area contributed by atoms with Crippen LogP contribution in [0.15, 0.2) is 50.9 Å². The zero-order valence-electron chi connectivity index (χ0n) is 19.6. The van der Waals surface area contributed by atoms with Gasteiger partial charge in [-0.2, -0.15) is 5.10 Å². The maximum atomic E-state index is 12.8. The number of nitrogens with one attached hydrogen (secondary N) is 3. The predicted octanol–water partition coefficient (Wildman–Crippen LogP) is 4.94. The molecular weight excluding hydrogens is 492 g/mol. The van der Waals surface area contributed by atoms with E-state index in [1.165, 1.54) is 18.4 Å². The van der Waals surface area contributed by atoms with E-state index in [1.54, 1.807) is 6.20 Å². The van der Waals surface area contributed by atoms with E-state index in [4.69, 9.17) is 4.98 Å². The highest BCUT2D eigenvalue weighted by atomic mass is 79.9. The minimum absolute atomic E-state index is 0.0552. The van der Waals surface area contributed by atoms with Crippen molar-refractivity contribution in [3.63, 3.8) is 0 Å². The van der Waals surface area contributed by atoms with Crippen molar-refractivity contribution in [1.82, 2.24) is 20.3 Å². The quantitative estimate of drug-likeness (QED) is 0.427. The maximum absolute atomic E-state index is 12.8. The molecule has 5 rings (SSSR count). The third-order valence-corrected chi connectivity index (χ3v) is 7.45. The highest BCUT2D eigenvalue weighted by Crippen LogP contribution is 2.35. The molecule has 0 spiro atoms. The molecule has 0 aliphatic carbocycles. The van der Waals surface area contributed by atoms with Gasteiger partial charge >= 0.3 is 0 Å². The molecule has 1 aromatic carbocycles. The molecule has 2 aliphatic heterocycles. The Morgan fingerprint density at radius 1 is 1.18 bits per heavy atom. The summed E-state index contributed by atoms with van der Waals surface area (Å²) in [5.74, 6) is 1.76. The molecule has 7 nitrogen and oxygen atoms in total. The first-order valence-corrected chi connectivity index (χ1v) is 12.9. The van der Waals surface area contributed by atoms with E-state index >= 15 is 0 Å². The molecular formula is C26H31BrN6O. The maximum Gasteiger partial charge on any atom is 0.259 e. The molecule has 1 atom stereocenters. The first-order chi connectivity index (χ1) is 16.5. The molecule has 2 aromatic heterocycles. The van der Waals surface area contributed by atoms with Gasteiger partial charge in [0, 0.05) is 41.0 Å². The highest BCUT2D eigenvalue weighted by molar-refractivity contribution is 9.10. The van der Waals surface area contributed by atoms with Crippen LogP contribution in [-0.4, -0.2) is 47.4 Å². The summed E-state index contributed by atoms with van der Waals surface area (Å²) in [7, 11) is 0. The predicted molar refractivity (Wildman–Crippen MR) is 142 cm³/mol. The summed E-state index contributed by atoms with van der Waals surface area (Å²) in [5.41, 5.74) is 3.02. The lowest BCUT2D eigenvalue weighted by molar-refractivity contribution is 0.273. The summed E-state index contributed by atoms with van der Waals surface area (Å²) in [5, 5.41) is 14.9. The Bertz CT molecular complexity index is 1250. The van der Waals surface area contributed by atoms with Crippen LogP contribution >= 0.6 is 15.9 Å². The van der Waals surface area contributed by atoms with Crippen molar-refractivity contribution in [2.75, 3.05) is 31.5 Å².